The molecule has 0 aliphatic heterocycles. The summed E-state index contributed by atoms with van der Waals surface area (Å²) in [5.74, 6) is 0. The van der Waals surface area contributed by atoms with E-state index in [1.54, 1.807) is 7.11 Å². The summed E-state index contributed by atoms with van der Waals surface area (Å²) < 4.78 is 46.1. The molecule has 7 heteroatoms. The van der Waals surface area contributed by atoms with Crippen molar-refractivity contribution in [2.24, 2.45) is 0 Å². The maximum absolute atomic E-state index is 12.0. The molecule has 16 heavy (non-hydrogen) atoms. The second-order valence-electron chi connectivity index (χ2n) is 4.00. The van der Waals surface area contributed by atoms with Crippen LogP contribution in [0.2, 0.25) is 0 Å². The molecule has 0 spiro atoms. The van der Waals surface area contributed by atoms with Crippen molar-refractivity contribution >= 4 is 6.98 Å². The van der Waals surface area contributed by atoms with Crippen LogP contribution in [0, 0.1) is 0 Å². The molecule has 90 valence electrons. The Hall–Kier alpha value is 1.15. The molecule has 0 aromatic rings. The molecule has 0 saturated carbocycles. The van der Waals surface area contributed by atoms with Gasteiger partial charge >= 0.3 is 58.4 Å². The average Bonchev–Trinajstić information content (AvgIpc) is 2.10. The summed E-state index contributed by atoms with van der Waals surface area (Å²) in [5, 5.41) is 0. The van der Waals surface area contributed by atoms with Gasteiger partial charge in [0.25, 0.3) is 0 Å². The fourth-order valence-corrected chi connectivity index (χ4v) is 0.718. The van der Waals surface area contributed by atoms with Gasteiger partial charge in [0.2, 0.25) is 0 Å². The Morgan fingerprint density at radius 1 is 1.31 bits per heavy atom. The van der Waals surface area contributed by atoms with E-state index in [1.165, 1.54) is 0 Å². The molecule has 0 amide bonds. The van der Waals surface area contributed by atoms with Crippen LogP contribution in [0.1, 0.15) is 20.3 Å². The Labute approximate surface area is 137 Å². The molecule has 0 aromatic carbocycles. The second kappa shape index (κ2) is 8.29. The molecule has 0 bridgehead atoms. The Morgan fingerprint density at radius 3 is 2.19 bits per heavy atom. The van der Waals surface area contributed by atoms with E-state index in [1.807, 2.05) is 13.8 Å². The SMILES string of the molecule is C=C(COCCC(C)(C)OC)[B-](F)(F)F.[K+]. The van der Waals surface area contributed by atoms with E-state index < -0.39 is 19.1 Å². The van der Waals surface area contributed by atoms with Crippen molar-refractivity contribution in [3.63, 3.8) is 0 Å². The summed E-state index contributed by atoms with van der Waals surface area (Å²) in [7, 11) is 1.55. The fourth-order valence-electron chi connectivity index (χ4n) is 0.718. The average molecular weight is 264 g/mol. The van der Waals surface area contributed by atoms with Crippen LogP contribution in [-0.4, -0.2) is 32.9 Å². The van der Waals surface area contributed by atoms with Crippen LogP contribution in [0.3, 0.4) is 0 Å². The third-order valence-corrected chi connectivity index (χ3v) is 2.15. The molecule has 0 aromatic heterocycles. The molecule has 0 heterocycles. The normalized spacial score (nSPS) is 12.1. The van der Waals surface area contributed by atoms with Crippen LogP contribution >= 0.6 is 0 Å². The molecule has 0 aliphatic carbocycles. The van der Waals surface area contributed by atoms with Crippen molar-refractivity contribution < 1.29 is 73.8 Å². The van der Waals surface area contributed by atoms with Crippen LogP contribution in [0.15, 0.2) is 12.1 Å². The van der Waals surface area contributed by atoms with Crippen LogP contribution < -0.4 is 51.4 Å². The van der Waals surface area contributed by atoms with Gasteiger partial charge in [-0.3, -0.25) is 0 Å². The molecular weight excluding hydrogens is 247 g/mol. The summed E-state index contributed by atoms with van der Waals surface area (Å²) in [6.07, 6.45) is 0.543. The fraction of sp³-hybridized carbons (Fsp3) is 0.778. The van der Waals surface area contributed by atoms with Gasteiger partial charge in [0.1, 0.15) is 0 Å². The minimum atomic E-state index is -4.97. The third kappa shape index (κ3) is 9.21. The number of halogens is 3. The predicted octanol–water partition coefficient (Wildman–Crippen LogP) is -0.235. The van der Waals surface area contributed by atoms with Crippen LogP contribution in [0.4, 0.5) is 12.9 Å². The monoisotopic (exact) mass is 264 g/mol. The van der Waals surface area contributed by atoms with Crippen molar-refractivity contribution in [3.05, 3.63) is 12.1 Å². The molecule has 0 fully saturated rings. The molecule has 2 nitrogen and oxygen atoms in total. The molecule has 0 radical (unpaired) electrons. The Morgan fingerprint density at radius 2 is 1.81 bits per heavy atom. The van der Waals surface area contributed by atoms with E-state index in [-0.39, 0.29) is 63.6 Å². The van der Waals surface area contributed by atoms with E-state index in [2.05, 4.69) is 6.58 Å². The molecule has 0 aliphatic rings. The van der Waals surface area contributed by atoms with Gasteiger partial charge in [-0.25, -0.2) is 0 Å². The van der Waals surface area contributed by atoms with Crippen molar-refractivity contribution in [2.75, 3.05) is 20.3 Å². The van der Waals surface area contributed by atoms with E-state index in [0.717, 1.165) is 0 Å². The van der Waals surface area contributed by atoms with E-state index in [9.17, 15) is 12.9 Å². The smallest absolute Gasteiger partial charge is 0.445 e. The number of rotatable bonds is 7. The number of methoxy groups -OCH3 is 1. The number of hydrogen-bond donors (Lipinski definition) is 0. The van der Waals surface area contributed by atoms with Gasteiger partial charge in [-0.15, -0.1) is 12.1 Å². The zero-order valence-electron chi connectivity index (χ0n) is 10.4. The van der Waals surface area contributed by atoms with Gasteiger partial charge in [0, 0.05) is 20.3 Å². The zero-order chi connectivity index (χ0) is 12.1. The van der Waals surface area contributed by atoms with Crippen LogP contribution in [0.25, 0.3) is 0 Å². The third-order valence-electron chi connectivity index (χ3n) is 2.15. The quantitative estimate of drug-likeness (QED) is 0.467. The van der Waals surface area contributed by atoms with E-state index >= 15 is 0 Å². The van der Waals surface area contributed by atoms with Crippen molar-refractivity contribution in [2.45, 2.75) is 25.9 Å². The molecule has 0 rings (SSSR count). The largest absolute Gasteiger partial charge is 1.00 e. The van der Waals surface area contributed by atoms with Crippen LogP contribution in [-0.2, 0) is 9.47 Å². The molecule has 0 N–H and O–H groups in total. The minimum Gasteiger partial charge on any atom is -0.445 e. The first-order valence-corrected chi connectivity index (χ1v) is 4.69. The summed E-state index contributed by atoms with van der Waals surface area (Å²) in [6.45, 7) is 1.42. The zero-order valence-corrected chi connectivity index (χ0v) is 13.5. The molecule has 0 unspecified atom stereocenters. The van der Waals surface area contributed by atoms with Gasteiger partial charge in [-0.1, -0.05) is 0 Å². The summed E-state index contributed by atoms with van der Waals surface area (Å²) in [4.78, 5) is 0. The van der Waals surface area contributed by atoms with Crippen LogP contribution in [0.5, 0.6) is 0 Å². The molecular formula is C9H17BF3KO2. The van der Waals surface area contributed by atoms with Crippen molar-refractivity contribution in [1.82, 2.24) is 0 Å². The summed E-state index contributed by atoms with van der Waals surface area (Å²) in [5.41, 5.74) is -1.17. The molecule has 0 atom stereocenters. The minimum absolute atomic E-state index is 0. The second-order valence-corrected chi connectivity index (χ2v) is 4.00. The maximum Gasteiger partial charge on any atom is 1.00 e. The van der Waals surface area contributed by atoms with Crippen molar-refractivity contribution in [1.29, 1.82) is 0 Å². The van der Waals surface area contributed by atoms with E-state index in [4.69, 9.17) is 9.47 Å². The van der Waals surface area contributed by atoms with Gasteiger partial charge in [-0.2, -0.15) is 0 Å². The van der Waals surface area contributed by atoms with Gasteiger partial charge < -0.3 is 22.4 Å². The Balaban J connectivity index is 0. The molecule has 0 saturated heterocycles. The van der Waals surface area contributed by atoms with Gasteiger partial charge in [-0.05, 0) is 20.3 Å². The van der Waals surface area contributed by atoms with Gasteiger partial charge in [0.15, 0.2) is 0 Å². The van der Waals surface area contributed by atoms with Crippen molar-refractivity contribution in [3.8, 4) is 0 Å². The first kappa shape index (κ1) is 19.5. The standard InChI is InChI=1S/C9H17BF3O2.K/c1-8(10(11,12)13)7-15-6-5-9(2,3)14-4;/h1,5-7H2,2-4H3;/q-1;+1. The van der Waals surface area contributed by atoms with E-state index in [0.29, 0.717) is 6.42 Å². The predicted molar refractivity (Wildman–Crippen MR) is 54.7 cm³/mol. The Bertz CT molecular complexity index is 219. The Kier molecular flexibility index (Phi) is 10.1. The first-order chi connectivity index (χ1) is 6.69. The topological polar surface area (TPSA) is 18.5 Å². The maximum atomic E-state index is 12.0. The number of ether oxygens (including phenoxy) is 2. The number of hydrogen-bond acceptors (Lipinski definition) is 2. The van der Waals surface area contributed by atoms with Gasteiger partial charge in [0.05, 0.1) is 5.60 Å². The summed E-state index contributed by atoms with van der Waals surface area (Å²) >= 11 is 0. The summed E-state index contributed by atoms with van der Waals surface area (Å²) in [6, 6.07) is 0. The first-order valence-electron chi connectivity index (χ1n) is 4.69.